The van der Waals surface area contributed by atoms with Crippen molar-refractivity contribution in [2.45, 2.75) is 12.4 Å². The van der Waals surface area contributed by atoms with Crippen molar-refractivity contribution < 1.29 is 26.3 Å². The van der Waals surface area contributed by atoms with Gasteiger partial charge in [-0.2, -0.15) is 36.2 Å². The molecule has 0 aliphatic heterocycles. The Morgan fingerprint density at radius 2 is 0.714 bits per heavy atom. The fraction of sp³-hybridized carbons (Fsp3) is 0.143. The van der Waals surface area contributed by atoms with E-state index in [0.717, 1.165) is 24.3 Å². The molecule has 0 aliphatic rings. The van der Waals surface area contributed by atoms with Gasteiger partial charge < -0.3 is 0 Å². The van der Waals surface area contributed by atoms with E-state index in [2.05, 4.69) is 0 Å². The maximum absolute atomic E-state index is 11.8. The molecule has 1 unspecified atom stereocenters. The molecule has 0 heterocycles. The number of rotatable bonds is 0. The Morgan fingerprint density at radius 1 is 0.476 bits per heavy atom. The van der Waals surface area contributed by atoms with Crippen LogP contribution in [0.25, 0.3) is 0 Å². The van der Waals surface area contributed by atoms with E-state index in [-0.39, 0.29) is 9.90 Å². The molecule has 1 atom stereocenters. The van der Waals surface area contributed by atoms with Crippen LogP contribution in [0, 0.1) is 0 Å². The summed E-state index contributed by atoms with van der Waals surface area (Å²) >= 11 is 0. The van der Waals surface area contributed by atoms with E-state index >= 15 is 0 Å². The predicted molar refractivity (Wildman–Crippen MR) is 74.0 cm³/mol. The highest BCUT2D eigenvalue weighted by molar-refractivity contribution is 6.92. The lowest BCUT2D eigenvalue weighted by Gasteiger charge is -2.03. The fourth-order valence-corrected chi connectivity index (χ4v) is 1.25. The molecule has 0 bridgehead atoms. The second kappa shape index (κ2) is 8.03. The Bertz CT molecular complexity index is 455. The molecule has 0 spiro atoms. The molecular weight excluding hydrogens is 313 g/mol. The molecule has 0 nitrogen and oxygen atoms in total. The topological polar surface area (TPSA) is 0 Å². The van der Waals surface area contributed by atoms with Gasteiger partial charge in [-0.1, -0.05) is 60.7 Å². The van der Waals surface area contributed by atoms with Gasteiger partial charge in [0.15, 0.2) is 0 Å². The van der Waals surface area contributed by atoms with E-state index in [9.17, 15) is 26.3 Å². The van der Waals surface area contributed by atoms with Crippen LogP contribution in [0.5, 0.6) is 0 Å². The van der Waals surface area contributed by atoms with Crippen LogP contribution in [0.15, 0.2) is 60.7 Å². The van der Waals surface area contributed by atoms with Gasteiger partial charge in [0.05, 0.1) is 11.1 Å². The highest BCUT2D eigenvalue weighted by atomic mass is 31.0. The molecule has 0 fully saturated rings. The number of hydrogen-bond acceptors (Lipinski definition) is 0. The Balaban J connectivity index is 0.000000364. The van der Waals surface area contributed by atoms with Crippen LogP contribution in [0.3, 0.4) is 0 Å². The van der Waals surface area contributed by atoms with Gasteiger partial charge in [0, 0.05) is 0 Å². The van der Waals surface area contributed by atoms with E-state index in [0.29, 0.717) is 0 Å². The lowest BCUT2D eigenvalue weighted by molar-refractivity contribution is -0.138. The minimum atomic E-state index is -4.21. The molecule has 0 aliphatic carbocycles. The maximum atomic E-state index is 11.8. The monoisotopic (exact) mass is 326 g/mol. The van der Waals surface area contributed by atoms with Crippen LogP contribution in [0.2, 0.25) is 0 Å². The van der Waals surface area contributed by atoms with Crippen molar-refractivity contribution >= 4 is 9.90 Å². The SMILES string of the molecule is FC(F)(F)c1ccccc1.FC(F)(F)c1ccccc1.P. The zero-order valence-electron chi connectivity index (χ0n) is 10.7. The van der Waals surface area contributed by atoms with E-state index in [1.54, 1.807) is 12.1 Å². The average Bonchev–Trinajstić information content (AvgIpc) is 2.40. The summed E-state index contributed by atoms with van der Waals surface area (Å²) in [7, 11) is 0. The van der Waals surface area contributed by atoms with Gasteiger partial charge in [0.25, 0.3) is 0 Å². The molecule has 0 radical (unpaired) electrons. The molecule has 116 valence electrons. The molecule has 2 rings (SSSR count). The molecule has 0 N–H and O–H groups in total. The smallest absolute Gasteiger partial charge is 0.166 e. The van der Waals surface area contributed by atoms with Gasteiger partial charge in [-0.25, -0.2) is 0 Å². The Hall–Kier alpha value is -1.55. The highest BCUT2D eigenvalue weighted by Gasteiger charge is 2.30. The standard InChI is InChI=1S/2C7H5F3.H3P/c2*8-7(9,10)6-4-2-1-3-5-6;/h2*1-5H;1H3. The fourth-order valence-electron chi connectivity index (χ4n) is 1.25. The van der Waals surface area contributed by atoms with Gasteiger partial charge in [-0.3, -0.25) is 0 Å². The predicted octanol–water partition coefficient (Wildman–Crippen LogP) is 5.47. The van der Waals surface area contributed by atoms with Gasteiger partial charge in [0.1, 0.15) is 0 Å². The molecule has 2 aromatic carbocycles. The number of hydrogen-bond donors (Lipinski definition) is 0. The van der Waals surface area contributed by atoms with Gasteiger partial charge in [-0.15, -0.1) is 0 Å². The van der Waals surface area contributed by atoms with E-state index in [4.69, 9.17) is 0 Å². The maximum Gasteiger partial charge on any atom is 0.416 e. The summed E-state index contributed by atoms with van der Waals surface area (Å²) in [5.74, 6) is 0. The first-order chi connectivity index (χ1) is 9.21. The zero-order valence-corrected chi connectivity index (χ0v) is 12.2. The zero-order chi connectivity index (χ0) is 15.2. The Morgan fingerprint density at radius 3 is 0.857 bits per heavy atom. The molecular formula is C14H13F6P. The summed E-state index contributed by atoms with van der Waals surface area (Å²) in [5, 5.41) is 0. The third kappa shape index (κ3) is 7.14. The molecule has 0 amide bonds. The lowest BCUT2D eigenvalue weighted by Crippen LogP contribution is -2.03. The Kier molecular flexibility index (Phi) is 7.44. The number of halogens is 6. The van der Waals surface area contributed by atoms with Crippen molar-refractivity contribution in [2.24, 2.45) is 0 Å². The van der Waals surface area contributed by atoms with Crippen molar-refractivity contribution in [1.29, 1.82) is 0 Å². The third-order valence-electron chi connectivity index (χ3n) is 2.20. The van der Waals surface area contributed by atoms with Crippen molar-refractivity contribution in [2.75, 3.05) is 0 Å². The summed E-state index contributed by atoms with van der Waals surface area (Å²) in [6.07, 6.45) is -8.41. The number of alkyl halides is 6. The van der Waals surface area contributed by atoms with Crippen molar-refractivity contribution in [3.8, 4) is 0 Å². The van der Waals surface area contributed by atoms with Gasteiger partial charge in [-0.05, 0) is 0 Å². The quantitative estimate of drug-likeness (QED) is 0.445. The number of benzene rings is 2. The van der Waals surface area contributed by atoms with Gasteiger partial charge in [0.2, 0.25) is 0 Å². The second-order valence-corrected chi connectivity index (χ2v) is 3.73. The summed E-state index contributed by atoms with van der Waals surface area (Å²) in [4.78, 5) is 0. The first-order valence-electron chi connectivity index (χ1n) is 5.46. The van der Waals surface area contributed by atoms with Crippen LogP contribution >= 0.6 is 9.90 Å². The third-order valence-corrected chi connectivity index (χ3v) is 2.20. The summed E-state index contributed by atoms with van der Waals surface area (Å²) in [6.45, 7) is 0. The lowest BCUT2D eigenvalue weighted by atomic mass is 10.2. The van der Waals surface area contributed by atoms with Crippen LogP contribution in [-0.4, -0.2) is 0 Å². The minimum Gasteiger partial charge on any atom is -0.166 e. The summed E-state index contributed by atoms with van der Waals surface area (Å²) in [6, 6.07) is 12.7. The molecule has 0 aromatic heterocycles. The van der Waals surface area contributed by atoms with E-state index in [1.165, 1.54) is 24.3 Å². The van der Waals surface area contributed by atoms with Crippen molar-refractivity contribution in [3.63, 3.8) is 0 Å². The second-order valence-electron chi connectivity index (χ2n) is 3.73. The highest BCUT2D eigenvalue weighted by Crippen LogP contribution is 2.28. The molecule has 2 aromatic rings. The van der Waals surface area contributed by atoms with Crippen LogP contribution in [0.4, 0.5) is 26.3 Å². The first kappa shape index (κ1) is 19.4. The largest absolute Gasteiger partial charge is 0.416 e. The normalized spacial score (nSPS) is 11.0. The van der Waals surface area contributed by atoms with Gasteiger partial charge >= 0.3 is 12.4 Å². The van der Waals surface area contributed by atoms with Crippen molar-refractivity contribution in [3.05, 3.63) is 71.8 Å². The summed E-state index contributed by atoms with van der Waals surface area (Å²) in [5.41, 5.74) is -1.20. The summed E-state index contributed by atoms with van der Waals surface area (Å²) < 4.78 is 70.7. The molecule has 0 saturated carbocycles. The molecule has 7 heteroatoms. The van der Waals surface area contributed by atoms with Crippen LogP contribution < -0.4 is 0 Å². The van der Waals surface area contributed by atoms with E-state index in [1.807, 2.05) is 0 Å². The minimum absolute atomic E-state index is 0. The van der Waals surface area contributed by atoms with Crippen molar-refractivity contribution in [1.82, 2.24) is 0 Å². The Labute approximate surface area is 121 Å². The van der Waals surface area contributed by atoms with E-state index < -0.39 is 23.5 Å². The van der Waals surface area contributed by atoms with Crippen LogP contribution in [-0.2, 0) is 12.4 Å². The molecule has 21 heavy (non-hydrogen) atoms. The van der Waals surface area contributed by atoms with Crippen LogP contribution in [0.1, 0.15) is 11.1 Å². The average molecular weight is 326 g/mol. The molecule has 0 saturated heterocycles. The first-order valence-corrected chi connectivity index (χ1v) is 5.46.